The molecule has 1 N–H and O–H groups in total. The molecular weight excluding hydrogens is 337 g/mol. The van der Waals surface area contributed by atoms with E-state index in [1.165, 1.54) is 20.3 Å². The topological polar surface area (TPSA) is 25.2 Å². The van der Waals surface area contributed by atoms with Gasteiger partial charge in [0.05, 0.1) is 6.04 Å². The van der Waals surface area contributed by atoms with Gasteiger partial charge in [0.1, 0.15) is 11.5 Å². The summed E-state index contributed by atoms with van der Waals surface area (Å²) in [5.74, 6) is 1.95. The minimum absolute atomic E-state index is 0.189. The Kier molecular flexibility index (Phi) is 4.12. The lowest BCUT2D eigenvalue weighted by Crippen LogP contribution is -2.19. The van der Waals surface area contributed by atoms with Gasteiger partial charge in [0, 0.05) is 9.13 Å². The van der Waals surface area contributed by atoms with E-state index < -0.39 is 0 Å². The molecule has 3 heteroatoms. The lowest BCUT2D eigenvalue weighted by atomic mass is 9.98. The van der Waals surface area contributed by atoms with Crippen molar-refractivity contribution in [3.63, 3.8) is 0 Å². The van der Waals surface area contributed by atoms with Crippen LogP contribution in [0.15, 0.2) is 28.7 Å². The number of rotatable bonds is 3. The molecular formula is C15H18INO. The number of hydrogen-bond donors (Lipinski definition) is 1. The Morgan fingerprint density at radius 1 is 1.17 bits per heavy atom. The van der Waals surface area contributed by atoms with Crippen LogP contribution in [0.1, 0.15) is 34.3 Å². The van der Waals surface area contributed by atoms with Gasteiger partial charge in [-0.05, 0) is 67.6 Å². The van der Waals surface area contributed by atoms with Crippen molar-refractivity contribution >= 4 is 22.6 Å². The maximum absolute atomic E-state index is 5.65. The van der Waals surface area contributed by atoms with Crippen molar-refractivity contribution in [2.24, 2.45) is 0 Å². The first-order valence-electron chi connectivity index (χ1n) is 6.03. The van der Waals surface area contributed by atoms with Crippen LogP contribution in [0.5, 0.6) is 0 Å². The van der Waals surface area contributed by atoms with Crippen LogP contribution in [0.3, 0.4) is 0 Å². The molecule has 0 aliphatic heterocycles. The van der Waals surface area contributed by atoms with Crippen molar-refractivity contribution in [2.75, 3.05) is 7.05 Å². The molecule has 1 unspecified atom stereocenters. The quantitative estimate of drug-likeness (QED) is 0.838. The highest BCUT2D eigenvalue weighted by atomic mass is 127. The fraction of sp³-hybridized carbons (Fsp3) is 0.333. The van der Waals surface area contributed by atoms with Crippen LogP contribution in [-0.2, 0) is 0 Å². The van der Waals surface area contributed by atoms with E-state index in [0.717, 1.165) is 11.5 Å². The summed E-state index contributed by atoms with van der Waals surface area (Å²) in [4.78, 5) is 0. The Labute approximate surface area is 122 Å². The summed E-state index contributed by atoms with van der Waals surface area (Å²) < 4.78 is 6.96. The number of hydrogen-bond acceptors (Lipinski definition) is 2. The predicted molar refractivity (Wildman–Crippen MR) is 83.0 cm³/mol. The highest BCUT2D eigenvalue weighted by Crippen LogP contribution is 2.31. The smallest absolute Gasteiger partial charge is 0.106 e. The molecule has 0 bridgehead atoms. The van der Waals surface area contributed by atoms with Crippen LogP contribution in [0.2, 0.25) is 0 Å². The van der Waals surface area contributed by atoms with Gasteiger partial charge in [0.2, 0.25) is 0 Å². The first kappa shape index (κ1) is 13.6. The maximum Gasteiger partial charge on any atom is 0.106 e. The molecule has 0 aliphatic rings. The second-order valence-electron chi connectivity index (χ2n) is 4.57. The molecule has 2 rings (SSSR count). The van der Waals surface area contributed by atoms with Gasteiger partial charge in [0.15, 0.2) is 0 Å². The summed E-state index contributed by atoms with van der Waals surface area (Å²) in [6.45, 7) is 6.16. The lowest BCUT2D eigenvalue weighted by Gasteiger charge is -2.18. The third-order valence-corrected chi connectivity index (χ3v) is 4.69. The van der Waals surface area contributed by atoms with Crippen molar-refractivity contribution in [2.45, 2.75) is 26.8 Å². The average Bonchev–Trinajstić information content (AvgIpc) is 2.65. The molecule has 1 atom stereocenters. The van der Waals surface area contributed by atoms with Crippen molar-refractivity contribution in [3.8, 4) is 0 Å². The average molecular weight is 355 g/mol. The van der Waals surface area contributed by atoms with Gasteiger partial charge in [-0.2, -0.15) is 0 Å². The lowest BCUT2D eigenvalue weighted by molar-refractivity contribution is 0.496. The predicted octanol–water partition coefficient (Wildman–Crippen LogP) is 4.12. The van der Waals surface area contributed by atoms with Gasteiger partial charge in [-0.1, -0.05) is 18.2 Å². The molecule has 2 nitrogen and oxygen atoms in total. The Morgan fingerprint density at radius 3 is 2.44 bits per heavy atom. The molecule has 2 aromatic rings. The second-order valence-corrected chi connectivity index (χ2v) is 5.65. The van der Waals surface area contributed by atoms with E-state index in [4.69, 9.17) is 4.42 Å². The molecule has 0 aliphatic carbocycles. The first-order valence-corrected chi connectivity index (χ1v) is 7.11. The molecule has 1 aromatic heterocycles. The van der Waals surface area contributed by atoms with Crippen LogP contribution in [-0.4, -0.2) is 7.05 Å². The molecule has 0 spiro atoms. The number of furan rings is 1. The van der Waals surface area contributed by atoms with Crippen molar-refractivity contribution in [1.29, 1.82) is 0 Å². The summed E-state index contributed by atoms with van der Waals surface area (Å²) >= 11 is 2.42. The van der Waals surface area contributed by atoms with E-state index in [0.29, 0.717) is 0 Å². The highest BCUT2D eigenvalue weighted by Gasteiger charge is 2.20. The van der Waals surface area contributed by atoms with Crippen LogP contribution >= 0.6 is 22.6 Å². The van der Waals surface area contributed by atoms with E-state index in [2.05, 4.69) is 59.1 Å². The van der Waals surface area contributed by atoms with Crippen LogP contribution < -0.4 is 5.32 Å². The van der Waals surface area contributed by atoms with Gasteiger partial charge < -0.3 is 9.73 Å². The van der Waals surface area contributed by atoms with E-state index in [-0.39, 0.29) is 6.04 Å². The Morgan fingerprint density at radius 2 is 1.89 bits per heavy atom. The summed E-state index contributed by atoms with van der Waals surface area (Å²) in [6.07, 6.45) is 0. The third kappa shape index (κ3) is 2.47. The molecule has 0 radical (unpaired) electrons. The maximum atomic E-state index is 5.65. The first-order chi connectivity index (χ1) is 8.54. The Hall–Kier alpha value is -0.810. The normalized spacial score (nSPS) is 12.7. The summed E-state index contributed by atoms with van der Waals surface area (Å²) in [5, 5.41) is 3.39. The zero-order valence-corrected chi connectivity index (χ0v) is 13.3. The fourth-order valence-electron chi connectivity index (χ4n) is 2.31. The van der Waals surface area contributed by atoms with Gasteiger partial charge >= 0.3 is 0 Å². The van der Waals surface area contributed by atoms with Gasteiger partial charge in [-0.15, -0.1) is 0 Å². The SMILES string of the molecule is CNC(c1cc(C)oc1C)c1cccc(C)c1I. The molecule has 18 heavy (non-hydrogen) atoms. The van der Waals surface area contributed by atoms with E-state index in [1.54, 1.807) is 0 Å². The molecule has 1 heterocycles. The molecule has 0 fully saturated rings. The molecule has 0 saturated carbocycles. The van der Waals surface area contributed by atoms with E-state index >= 15 is 0 Å². The van der Waals surface area contributed by atoms with Gasteiger partial charge in [-0.3, -0.25) is 0 Å². The molecule has 0 saturated heterocycles. The minimum Gasteiger partial charge on any atom is -0.466 e. The van der Waals surface area contributed by atoms with Crippen LogP contribution in [0.4, 0.5) is 0 Å². The van der Waals surface area contributed by atoms with Crippen LogP contribution in [0.25, 0.3) is 0 Å². The monoisotopic (exact) mass is 355 g/mol. The van der Waals surface area contributed by atoms with Gasteiger partial charge in [-0.25, -0.2) is 0 Å². The van der Waals surface area contributed by atoms with Crippen LogP contribution in [0, 0.1) is 24.3 Å². The fourth-order valence-corrected chi connectivity index (χ4v) is 2.98. The molecule has 0 amide bonds. The van der Waals surface area contributed by atoms with Crippen molar-refractivity contribution in [1.82, 2.24) is 5.32 Å². The number of nitrogens with one attached hydrogen (secondary N) is 1. The molecule has 1 aromatic carbocycles. The number of benzene rings is 1. The van der Waals surface area contributed by atoms with E-state index in [9.17, 15) is 0 Å². The number of aryl methyl sites for hydroxylation is 3. The number of halogens is 1. The highest BCUT2D eigenvalue weighted by molar-refractivity contribution is 14.1. The zero-order chi connectivity index (χ0) is 13.3. The summed E-state index contributed by atoms with van der Waals surface area (Å²) in [6, 6.07) is 8.74. The molecule has 96 valence electrons. The Balaban J connectivity index is 2.52. The minimum atomic E-state index is 0.189. The summed E-state index contributed by atoms with van der Waals surface area (Å²) in [5.41, 5.74) is 3.84. The van der Waals surface area contributed by atoms with Crippen molar-refractivity contribution in [3.05, 3.63) is 56.0 Å². The van der Waals surface area contributed by atoms with Crippen molar-refractivity contribution < 1.29 is 4.42 Å². The van der Waals surface area contributed by atoms with Gasteiger partial charge in [0.25, 0.3) is 0 Å². The zero-order valence-electron chi connectivity index (χ0n) is 11.2. The third-order valence-electron chi connectivity index (χ3n) is 3.21. The van der Waals surface area contributed by atoms with E-state index in [1.807, 2.05) is 20.9 Å². The second kappa shape index (κ2) is 5.45. The summed E-state index contributed by atoms with van der Waals surface area (Å²) in [7, 11) is 1.99. The standard InChI is InChI=1S/C15H18INO/c1-9-6-5-7-12(14(9)16)15(17-4)13-8-10(2)18-11(13)3/h5-8,15,17H,1-4H3. The largest absolute Gasteiger partial charge is 0.466 e. The Bertz CT molecular complexity index is 560.